The summed E-state index contributed by atoms with van der Waals surface area (Å²) < 4.78 is 6.39. The summed E-state index contributed by atoms with van der Waals surface area (Å²) in [5.74, 6) is 0.193. The molecule has 0 saturated carbocycles. The largest absolute Gasteiger partial charge is 0.490 e. The van der Waals surface area contributed by atoms with E-state index in [1.165, 1.54) is 23.9 Å². The molecule has 0 aliphatic rings. The van der Waals surface area contributed by atoms with Crippen molar-refractivity contribution in [2.45, 2.75) is 19.4 Å². The van der Waals surface area contributed by atoms with E-state index in [0.717, 1.165) is 0 Å². The van der Waals surface area contributed by atoms with Gasteiger partial charge in [-0.3, -0.25) is 10.1 Å². The smallest absolute Gasteiger partial charge is 0.313 e. The number of nitrogens with two attached hydrogens (primary N) is 1. The molecule has 8 nitrogen and oxygen atoms in total. The summed E-state index contributed by atoms with van der Waals surface area (Å²) in [4.78, 5) is 10.5. The molecule has 0 bridgehead atoms. The van der Waals surface area contributed by atoms with Crippen molar-refractivity contribution in [3.8, 4) is 11.4 Å². The highest BCUT2D eigenvalue weighted by Gasteiger charge is 2.20. The maximum atomic E-state index is 11.0. The molecule has 0 unspecified atom stereocenters. The highest BCUT2D eigenvalue weighted by atomic mass is 16.6. The van der Waals surface area contributed by atoms with Gasteiger partial charge < -0.3 is 10.5 Å². The van der Waals surface area contributed by atoms with E-state index < -0.39 is 10.5 Å². The molecular formula is C12H15N5O3. The molecule has 0 fully saturated rings. The molecule has 2 rings (SSSR count). The first-order chi connectivity index (χ1) is 9.32. The maximum absolute atomic E-state index is 11.0. The number of hydrogen-bond acceptors (Lipinski definition) is 6. The average molecular weight is 277 g/mol. The van der Waals surface area contributed by atoms with Crippen molar-refractivity contribution in [3.63, 3.8) is 0 Å². The standard InChI is InChI=1S/C12H15N5O3/c1-12(2,13)11-7-16(15-14-11)8-4-5-10(20-3)9(6-8)17(18)19/h4-7H,13H2,1-3H3. The van der Waals surface area contributed by atoms with E-state index in [1.54, 1.807) is 26.1 Å². The van der Waals surface area contributed by atoms with Gasteiger partial charge in [0.2, 0.25) is 0 Å². The Bertz CT molecular complexity index is 645. The monoisotopic (exact) mass is 277 g/mol. The lowest BCUT2D eigenvalue weighted by Crippen LogP contribution is -2.29. The number of nitro groups is 1. The van der Waals surface area contributed by atoms with Gasteiger partial charge in [-0.1, -0.05) is 5.21 Å². The topological polar surface area (TPSA) is 109 Å². The van der Waals surface area contributed by atoms with Gasteiger partial charge in [-0.25, -0.2) is 4.68 Å². The minimum Gasteiger partial charge on any atom is -0.490 e. The zero-order valence-corrected chi connectivity index (χ0v) is 11.4. The van der Waals surface area contributed by atoms with Gasteiger partial charge in [-0.2, -0.15) is 0 Å². The molecule has 1 aromatic heterocycles. The SMILES string of the molecule is COc1ccc(-n2cc(C(C)(C)N)nn2)cc1[N+](=O)[O-]. The number of ether oxygens (including phenoxy) is 1. The molecule has 0 radical (unpaired) electrons. The van der Waals surface area contributed by atoms with Crippen molar-refractivity contribution in [1.82, 2.24) is 15.0 Å². The van der Waals surface area contributed by atoms with Crippen LogP contribution >= 0.6 is 0 Å². The van der Waals surface area contributed by atoms with Gasteiger partial charge in [0.15, 0.2) is 5.75 Å². The normalized spacial score (nSPS) is 11.4. The summed E-state index contributed by atoms with van der Waals surface area (Å²) in [5.41, 5.74) is 6.28. The zero-order chi connectivity index (χ0) is 14.9. The molecule has 8 heteroatoms. The van der Waals surface area contributed by atoms with Crippen molar-refractivity contribution < 1.29 is 9.66 Å². The van der Waals surface area contributed by atoms with Crippen LogP contribution in [0, 0.1) is 10.1 Å². The maximum Gasteiger partial charge on any atom is 0.313 e. The molecule has 0 atom stereocenters. The van der Waals surface area contributed by atoms with Crippen LogP contribution in [-0.4, -0.2) is 27.0 Å². The first kappa shape index (κ1) is 13.9. The lowest BCUT2D eigenvalue weighted by Gasteiger charge is -2.13. The van der Waals surface area contributed by atoms with Crippen molar-refractivity contribution in [2.24, 2.45) is 5.73 Å². The zero-order valence-electron chi connectivity index (χ0n) is 11.4. The number of rotatable bonds is 4. The van der Waals surface area contributed by atoms with Crippen molar-refractivity contribution >= 4 is 5.69 Å². The number of aromatic nitrogens is 3. The Morgan fingerprint density at radius 1 is 1.45 bits per heavy atom. The molecule has 2 aromatic rings. The van der Waals surface area contributed by atoms with E-state index >= 15 is 0 Å². The third-order valence-electron chi connectivity index (χ3n) is 2.78. The van der Waals surface area contributed by atoms with Gasteiger partial charge in [0.1, 0.15) is 5.69 Å². The Hall–Kier alpha value is -2.48. The number of methoxy groups -OCH3 is 1. The Morgan fingerprint density at radius 2 is 2.15 bits per heavy atom. The lowest BCUT2D eigenvalue weighted by atomic mass is 10.0. The molecule has 0 amide bonds. The Kier molecular flexibility index (Phi) is 3.41. The molecule has 0 aliphatic carbocycles. The van der Waals surface area contributed by atoms with E-state index in [0.29, 0.717) is 11.4 Å². The van der Waals surface area contributed by atoms with Crippen LogP contribution in [-0.2, 0) is 5.54 Å². The Morgan fingerprint density at radius 3 is 2.65 bits per heavy atom. The minimum absolute atomic E-state index is 0.131. The van der Waals surface area contributed by atoms with Crippen LogP contribution < -0.4 is 10.5 Å². The van der Waals surface area contributed by atoms with Crippen LogP contribution in [0.3, 0.4) is 0 Å². The molecule has 2 N–H and O–H groups in total. The third kappa shape index (κ3) is 2.59. The van der Waals surface area contributed by atoms with Crippen LogP contribution in [0.5, 0.6) is 5.75 Å². The lowest BCUT2D eigenvalue weighted by molar-refractivity contribution is -0.385. The van der Waals surface area contributed by atoms with Crippen molar-refractivity contribution in [1.29, 1.82) is 0 Å². The highest BCUT2D eigenvalue weighted by molar-refractivity contribution is 5.53. The molecule has 0 aliphatic heterocycles. The second-order valence-electron chi connectivity index (χ2n) is 4.88. The van der Waals surface area contributed by atoms with Crippen LogP contribution in [0.15, 0.2) is 24.4 Å². The minimum atomic E-state index is -0.628. The molecule has 1 aromatic carbocycles. The molecule has 20 heavy (non-hydrogen) atoms. The first-order valence-electron chi connectivity index (χ1n) is 5.87. The second-order valence-corrected chi connectivity index (χ2v) is 4.88. The first-order valence-corrected chi connectivity index (χ1v) is 5.87. The van der Waals surface area contributed by atoms with Gasteiger partial charge in [-0.15, -0.1) is 5.10 Å². The predicted molar refractivity (Wildman–Crippen MR) is 71.8 cm³/mol. The van der Waals surface area contributed by atoms with Gasteiger partial charge in [-0.05, 0) is 26.0 Å². The summed E-state index contributed by atoms with van der Waals surface area (Å²) in [7, 11) is 1.38. The van der Waals surface area contributed by atoms with E-state index in [2.05, 4.69) is 10.3 Å². The van der Waals surface area contributed by atoms with Gasteiger partial charge in [0.25, 0.3) is 0 Å². The number of hydrogen-bond donors (Lipinski definition) is 1. The average Bonchev–Trinajstić information content (AvgIpc) is 2.87. The molecule has 1 heterocycles. The van der Waals surface area contributed by atoms with Crippen LogP contribution in [0.2, 0.25) is 0 Å². The summed E-state index contributed by atoms with van der Waals surface area (Å²) >= 11 is 0. The summed E-state index contributed by atoms with van der Waals surface area (Å²) in [6, 6.07) is 4.55. The fourth-order valence-electron chi connectivity index (χ4n) is 1.65. The van der Waals surface area contributed by atoms with E-state index in [-0.39, 0.29) is 11.4 Å². The molecule has 0 spiro atoms. The second kappa shape index (κ2) is 4.89. The van der Waals surface area contributed by atoms with Gasteiger partial charge in [0, 0.05) is 6.07 Å². The van der Waals surface area contributed by atoms with E-state index in [4.69, 9.17) is 10.5 Å². The highest BCUT2D eigenvalue weighted by Crippen LogP contribution is 2.29. The van der Waals surface area contributed by atoms with Crippen molar-refractivity contribution in [3.05, 3.63) is 40.2 Å². The summed E-state index contributed by atoms with van der Waals surface area (Å²) in [6.45, 7) is 3.61. The summed E-state index contributed by atoms with van der Waals surface area (Å²) in [5, 5.41) is 18.9. The molecular weight excluding hydrogens is 262 g/mol. The van der Waals surface area contributed by atoms with Gasteiger partial charge >= 0.3 is 5.69 Å². The van der Waals surface area contributed by atoms with Crippen molar-refractivity contribution in [2.75, 3.05) is 7.11 Å². The third-order valence-corrected chi connectivity index (χ3v) is 2.78. The summed E-state index contributed by atoms with van der Waals surface area (Å²) in [6.07, 6.45) is 1.64. The van der Waals surface area contributed by atoms with E-state index in [1.807, 2.05) is 0 Å². The fraction of sp³-hybridized carbons (Fsp3) is 0.333. The quantitative estimate of drug-likeness (QED) is 0.667. The number of benzene rings is 1. The Labute approximate surface area is 115 Å². The number of nitro benzene ring substituents is 1. The van der Waals surface area contributed by atoms with Crippen LogP contribution in [0.1, 0.15) is 19.5 Å². The fourth-order valence-corrected chi connectivity index (χ4v) is 1.65. The number of nitrogens with zero attached hydrogens (tertiary/aromatic N) is 4. The molecule has 0 saturated heterocycles. The van der Waals surface area contributed by atoms with Crippen LogP contribution in [0.25, 0.3) is 5.69 Å². The van der Waals surface area contributed by atoms with Crippen LogP contribution in [0.4, 0.5) is 5.69 Å². The Balaban J connectivity index is 2.46. The predicted octanol–water partition coefficient (Wildman–Crippen LogP) is 1.38. The van der Waals surface area contributed by atoms with E-state index in [9.17, 15) is 10.1 Å². The molecule has 106 valence electrons. The van der Waals surface area contributed by atoms with Gasteiger partial charge in [0.05, 0.1) is 29.5 Å².